The molecule has 8 heteroatoms. The molecule has 0 fully saturated rings. The Morgan fingerprint density at radius 3 is 2.59 bits per heavy atom. The van der Waals surface area contributed by atoms with Gasteiger partial charge in [-0.25, -0.2) is 0 Å². The van der Waals surface area contributed by atoms with Crippen molar-refractivity contribution in [2.24, 2.45) is 0 Å². The molecule has 0 atom stereocenters. The number of halogens is 3. The van der Waals surface area contributed by atoms with Crippen LogP contribution < -0.4 is 9.47 Å². The minimum absolute atomic E-state index is 0.279. The van der Waals surface area contributed by atoms with Gasteiger partial charge in [0.25, 0.3) is 0 Å². The normalized spacial score (nSPS) is 11.4. The van der Waals surface area contributed by atoms with Crippen LogP contribution in [0.4, 0.5) is 13.2 Å². The summed E-state index contributed by atoms with van der Waals surface area (Å²) in [4.78, 5) is 0. The zero-order chi connectivity index (χ0) is 19.4. The van der Waals surface area contributed by atoms with Crippen molar-refractivity contribution >= 4 is 0 Å². The van der Waals surface area contributed by atoms with Gasteiger partial charge in [0.1, 0.15) is 11.5 Å². The summed E-state index contributed by atoms with van der Waals surface area (Å²) in [6.45, 7) is 1.72. The Morgan fingerprint density at radius 1 is 1.11 bits per heavy atom. The molecule has 3 rings (SSSR count). The van der Waals surface area contributed by atoms with E-state index >= 15 is 0 Å². The highest BCUT2D eigenvalue weighted by atomic mass is 19.4. The zero-order valence-corrected chi connectivity index (χ0v) is 14.6. The lowest BCUT2D eigenvalue weighted by atomic mass is 10.00. The molecule has 141 valence electrons. The number of methoxy groups -OCH3 is 1. The van der Waals surface area contributed by atoms with Crippen LogP contribution in [0, 0.1) is 13.3 Å². The van der Waals surface area contributed by atoms with Crippen molar-refractivity contribution in [1.82, 2.24) is 10.2 Å². The van der Waals surface area contributed by atoms with Crippen LogP contribution in [0.2, 0.25) is 0 Å². The van der Waals surface area contributed by atoms with Gasteiger partial charge in [-0.1, -0.05) is 24.3 Å². The Bertz CT molecular complexity index is 923. The van der Waals surface area contributed by atoms with Gasteiger partial charge in [0, 0.05) is 25.0 Å². The molecule has 0 aliphatic carbocycles. The highest BCUT2D eigenvalue weighted by Crippen LogP contribution is 2.35. The van der Waals surface area contributed by atoms with E-state index in [-0.39, 0.29) is 11.5 Å². The van der Waals surface area contributed by atoms with Crippen molar-refractivity contribution in [3.05, 3.63) is 66.2 Å². The van der Waals surface area contributed by atoms with Gasteiger partial charge in [0.2, 0.25) is 11.8 Å². The van der Waals surface area contributed by atoms with Gasteiger partial charge in [0.15, 0.2) is 0 Å². The van der Waals surface area contributed by atoms with E-state index in [9.17, 15) is 13.2 Å². The number of nitrogens with zero attached hydrogens (tertiary/aromatic N) is 2. The van der Waals surface area contributed by atoms with Gasteiger partial charge < -0.3 is 13.9 Å². The summed E-state index contributed by atoms with van der Waals surface area (Å²) in [5, 5.41) is 7.71. The second-order valence-electron chi connectivity index (χ2n) is 5.66. The maximum Gasteiger partial charge on any atom is 0.573 e. The Balaban J connectivity index is 1.81. The zero-order valence-electron chi connectivity index (χ0n) is 14.6. The van der Waals surface area contributed by atoms with Crippen molar-refractivity contribution in [2.75, 3.05) is 7.11 Å². The first-order chi connectivity index (χ1) is 12.8. The van der Waals surface area contributed by atoms with E-state index in [1.165, 1.54) is 25.3 Å². The lowest BCUT2D eigenvalue weighted by Gasteiger charge is -2.13. The quantitative estimate of drug-likeness (QED) is 0.621. The average molecular weight is 377 g/mol. The Morgan fingerprint density at radius 2 is 1.93 bits per heavy atom. The number of hydrogen-bond donors (Lipinski definition) is 0. The fourth-order valence-corrected chi connectivity index (χ4v) is 2.57. The van der Waals surface area contributed by atoms with Crippen LogP contribution in [0.5, 0.6) is 11.5 Å². The summed E-state index contributed by atoms with van der Waals surface area (Å²) in [5.74, 6) is 0.946. The first kappa shape index (κ1) is 18.8. The molecule has 1 radical (unpaired) electrons. The molecule has 0 bridgehead atoms. The third kappa shape index (κ3) is 4.99. The van der Waals surface area contributed by atoms with E-state index in [0.717, 1.165) is 11.1 Å². The molecule has 0 spiro atoms. The SMILES string of the molecule is COc1cc(OC(F)(F)F)ccc1-c1cccc([CH]Cc2nnc(C)o2)c1. The molecule has 2 aromatic carbocycles. The number of aromatic nitrogens is 2. The van der Waals surface area contributed by atoms with Gasteiger partial charge in [0.05, 0.1) is 7.11 Å². The molecule has 0 saturated heterocycles. The molecule has 0 amide bonds. The molecule has 1 heterocycles. The van der Waals surface area contributed by atoms with Crippen molar-refractivity contribution in [3.63, 3.8) is 0 Å². The largest absolute Gasteiger partial charge is 0.573 e. The molecule has 27 heavy (non-hydrogen) atoms. The second kappa shape index (κ2) is 7.69. The van der Waals surface area contributed by atoms with Crippen LogP contribution in [0.25, 0.3) is 11.1 Å². The average Bonchev–Trinajstić information content (AvgIpc) is 3.04. The van der Waals surface area contributed by atoms with E-state index in [0.29, 0.717) is 23.8 Å². The first-order valence-corrected chi connectivity index (χ1v) is 8.00. The van der Waals surface area contributed by atoms with E-state index in [4.69, 9.17) is 9.15 Å². The van der Waals surface area contributed by atoms with Crippen LogP contribution >= 0.6 is 0 Å². The smallest absolute Gasteiger partial charge is 0.496 e. The summed E-state index contributed by atoms with van der Waals surface area (Å²) in [6, 6.07) is 11.5. The fraction of sp³-hybridized carbons (Fsp3) is 0.211. The molecule has 0 N–H and O–H groups in total. The highest BCUT2D eigenvalue weighted by Gasteiger charge is 2.31. The van der Waals surface area contributed by atoms with Crippen molar-refractivity contribution < 1.29 is 27.1 Å². The minimum atomic E-state index is -4.76. The van der Waals surface area contributed by atoms with Crippen LogP contribution in [0.15, 0.2) is 46.9 Å². The predicted octanol–water partition coefficient (Wildman–Crippen LogP) is 4.75. The van der Waals surface area contributed by atoms with Gasteiger partial charge in [-0.3, -0.25) is 0 Å². The standard InChI is InChI=1S/C19H16F3N2O3/c1-12-23-24-18(26-12)9-6-13-4-3-5-14(10-13)16-8-7-15(11-17(16)25-2)27-19(20,21)22/h3-8,10-11H,9H2,1-2H3. The number of ether oxygens (including phenoxy) is 2. The van der Waals surface area contributed by atoms with Gasteiger partial charge in [-0.15, -0.1) is 23.4 Å². The molecular formula is C19H16F3N2O3. The lowest BCUT2D eigenvalue weighted by molar-refractivity contribution is -0.274. The van der Waals surface area contributed by atoms with E-state index < -0.39 is 6.36 Å². The molecule has 0 unspecified atom stereocenters. The number of alkyl halides is 3. The third-order valence-corrected chi connectivity index (χ3v) is 3.68. The number of aryl methyl sites for hydroxylation is 1. The molecule has 3 aromatic rings. The molecule has 0 aliphatic heterocycles. The maximum atomic E-state index is 12.4. The predicted molar refractivity (Wildman–Crippen MR) is 91.3 cm³/mol. The minimum Gasteiger partial charge on any atom is -0.496 e. The summed E-state index contributed by atoms with van der Waals surface area (Å²) in [5.41, 5.74) is 2.35. The third-order valence-electron chi connectivity index (χ3n) is 3.68. The molecule has 0 aliphatic rings. The van der Waals surface area contributed by atoms with E-state index in [1.807, 2.05) is 30.7 Å². The molecular weight excluding hydrogens is 361 g/mol. The summed E-state index contributed by atoms with van der Waals surface area (Å²) in [6.07, 6.45) is -2.36. The van der Waals surface area contributed by atoms with Crippen LogP contribution in [-0.4, -0.2) is 23.7 Å². The van der Waals surface area contributed by atoms with Crippen LogP contribution in [-0.2, 0) is 6.42 Å². The highest BCUT2D eigenvalue weighted by molar-refractivity contribution is 5.72. The Labute approximate surface area is 153 Å². The van der Waals surface area contributed by atoms with Gasteiger partial charge >= 0.3 is 6.36 Å². The topological polar surface area (TPSA) is 57.4 Å². The molecule has 0 saturated carbocycles. The maximum absolute atomic E-state index is 12.4. The van der Waals surface area contributed by atoms with Crippen LogP contribution in [0.3, 0.4) is 0 Å². The Kier molecular flexibility index (Phi) is 5.34. The Hall–Kier alpha value is -3.03. The number of benzene rings is 2. The summed E-state index contributed by atoms with van der Waals surface area (Å²) >= 11 is 0. The summed E-state index contributed by atoms with van der Waals surface area (Å²) in [7, 11) is 1.39. The van der Waals surface area contributed by atoms with Gasteiger partial charge in [-0.05, 0) is 29.7 Å². The fourth-order valence-electron chi connectivity index (χ4n) is 2.57. The van der Waals surface area contributed by atoms with Crippen molar-refractivity contribution in [1.29, 1.82) is 0 Å². The van der Waals surface area contributed by atoms with E-state index in [2.05, 4.69) is 14.9 Å². The molecule has 5 nitrogen and oxygen atoms in total. The van der Waals surface area contributed by atoms with Crippen LogP contribution in [0.1, 0.15) is 17.3 Å². The summed E-state index contributed by atoms with van der Waals surface area (Å²) < 4.78 is 51.7. The number of rotatable bonds is 6. The van der Waals surface area contributed by atoms with Gasteiger partial charge in [-0.2, -0.15) is 0 Å². The number of hydrogen-bond acceptors (Lipinski definition) is 5. The van der Waals surface area contributed by atoms with Crippen molar-refractivity contribution in [2.45, 2.75) is 19.7 Å². The lowest BCUT2D eigenvalue weighted by Crippen LogP contribution is -2.17. The first-order valence-electron chi connectivity index (χ1n) is 8.00. The molecule has 1 aromatic heterocycles. The second-order valence-corrected chi connectivity index (χ2v) is 5.66. The van der Waals surface area contributed by atoms with E-state index in [1.54, 1.807) is 6.92 Å². The monoisotopic (exact) mass is 377 g/mol. The van der Waals surface area contributed by atoms with Crippen molar-refractivity contribution in [3.8, 4) is 22.6 Å².